The van der Waals surface area contributed by atoms with Crippen molar-refractivity contribution in [2.24, 2.45) is 0 Å². The van der Waals surface area contributed by atoms with Crippen LogP contribution in [0.15, 0.2) is 54.7 Å². The minimum absolute atomic E-state index is 0.205. The van der Waals surface area contributed by atoms with Gasteiger partial charge >= 0.3 is 0 Å². The van der Waals surface area contributed by atoms with Gasteiger partial charge in [0, 0.05) is 24.8 Å². The quantitative estimate of drug-likeness (QED) is 0.809. The third-order valence-corrected chi connectivity index (χ3v) is 4.53. The first kappa shape index (κ1) is 14.4. The minimum atomic E-state index is -0.205. The Balaban J connectivity index is 1.77. The van der Waals surface area contributed by atoms with Gasteiger partial charge in [0.1, 0.15) is 5.65 Å². The van der Waals surface area contributed by atoms with E-state index in [9.17, 15) is 5.11 Å². The molecule has 0 aliphatic carbocycles. The molecule has 0 spiro atoms. The maximum absolute atomic E-state index is 9.94. The van der Waals surface area contributed by atoms with Crippen molar-refractivity contribution in [1.29, 1.82) is 0 Å². The molecule has 23 heavy (non-hydrogen) atoms. The maximum Gasteiger partial charge on any atom is 0.137 e. The third kappa shape index (κ3) is 2.87. The lowest BCUT2D eigenvalue weighted by atomic mass is 10.1. The summed E-state index contributed by atoms with van der Waals surface area (Å²) in [7, 11) is 0. The highest BCUT2D eigenvalue weighted by Gasteiger charge is 2.21. The molecule has 4 heteroatoms. The first-order chi connectivity index (χ1) is 11.3. The highest BCUT2D eigenvalue weighted by atomic mass is 16.3. The van der Waals surface area contributed by atoms with Crippen LogP contribution in [0.25, 0.3) is 16.9 Å². The van der Waals surface area contributed by atoms with E-state index >= 15 is 0 Å². The Labute approximate surface area is 136 Å². The molecule has 1 atom stereocenters. The van der Waals surface area contributed by atoms with Gasteiger partial charge in [0.05, 0.1) is 17.5 Å². The molecule has 1 aliphatic rings. The lowest BCUT2D eigenvalue weighted by Gasteiger charge is -2.30. The van der Waals surface area contributed by atoms with Crippen LogP contribution >= 0.6 is 0 Å². The summed E-state index contributed by atoms with van der Waals surface area (Å²) < 4.78 is 2.17. The number of fused-ring (bicyclic) bond motifs is 1. The monoisotopic (exact) mass is 307 g/mol. The minimum Gasteiger partial charge on any atom is -0.392 e. The van der Waals surface area contributed by atoms with Gasteiger partial charge in [-0.05, 0) is 31.5 Å². The molecule has 1 aromatic carbocycles. The van der Waals surface area contributed by atoms with Crippen LogP contribution in [0.4, 0.5) is 0 Å². The molecule has 118 valence electrons. The van der Waals surface area contributed by atoms with Gasteiger partial charge in [-0.15, -0.1) is 0 Å². The number of aliphatic hydroxyl groups excluding tert-OH is 1. The van der Waals surface area contributed by atoms with Crippen molar-refractivity contribution in [3.63, 3.8) is 0 Å². The van der Waals surface area contributed by atoms with E-state index in [-0.39, 0.29) is 6.10 Å². The van der Waals surface area contributed by atoms with Crippen LogP contribution in [0.2, 0.25) is 0 Å². The summed E-state index contributed by atoms with van der Waals surface area (Å²) in [6, 6.07) is 16.4. The Bertz CT molecular complexity index is 797. The number of hydrogen-bond acceptors (Lipinski definition) is 3. The Morgan fingerprint density at radius 1 is 1.09 bits per heavy atom. The van der Waals surface area contributed by atoms with Crippen molar-refractivity contribution in [3.05, 3.63) is 60.4 Å². The first-order valence-corrected chi connectivity index (χ1v) is 8.23. The van der Waals surface area contributed by atoms with E-state index in [2.05, 4.69) is 27.6 Å². The molecule has 4 nitrogen and oxygen atoms in total. The number of imidazole rings is 1. The van der Waals surface area contributed by atoms with Crippen LogP contribution in [0.5, 0.6) is 0 Å². The van der Waals surface area contributed by atoms with Crippen LogP contribution in [0.1, 0.15) is 18.5 Å². The Kier molecular flexibility index (Phi) is 3.85. The molecule has 1 N–H and O–H groups in total. The second-order valence-corrected chi connectivity index (χ2v) is 6.23. The largest absolute Gasteiger partial charge is 0.392 e. The van der Waals surface area contributed by atoms with Gasteiger partial charge in [0.2, 0.25) is 0 Å². The Morgan fingerprint density at radius 3 is 2.74 bits per heavy atom. The average Bonchev–Trinajstić information content (AvgIpc) is 2.95. The summed E-state index contributed by atoms with van der Waals surface area (Å²) >= 11 is 0. The van der Waals surface area contributed by atoms with Crippen molar-refractivity contribution in [1.82, 2.24) is 14.3 Å². The number of likely N-dealkylation sites (tertiary alicyclic amines) is 1. The number of benzene rings is 1. The summed E-state index contributed by atoms with van der Waals surface area (Å²) in [5.74, 6) is 0. The summed E-state index contributed by atoms with van der Waals surface area (Å²) in [4.78, 5) is 7.17. The van der Waals surface area contributed by atoms with Gasteiger partial charge in [-0.2, -0.15) is 0 Å². The lowest BCUT2D eigenvalue weighted by Crippen LogP contribution is -2.38. The van der Waals surface area contributed by atoms with Crippen molar-refractivity contribution in [2.75, 3.05) is 13.1 Å². The van der Waals surface area contributed by atoms with Gasteiger partial charge in [-0.1, -0.05) is 36.4 Å². The fourth-order valence-corrected chi connectivity index (χ4v) is 3.41. The molecule has 1 unspecified atom stereocenters. The third-order valence-electron chi connectivity index (χ3n) is 4.53. The Morgan fingerprint density at radius 2 is 1.91 bits per heavy atom. The fraction of sp³-hybridized carbons (Fsp3) is 0.316. The van der Waals surface area contributed by atoms with Crippen molar-refractivity contribution in [2.45, 2.75) is 25.5 Å². The zero-order valence-corrected chi connectivity index (χ0v) is 13.1. The molecule has 0 saturated carbocycles. The number of pyridine rings is 1. The van der Waals surface area contributed by atoms with Crippen molar-refractivity contribution >= 4 is 5.65 Å². The second-order valence-electron chi connectivity index (χ2n) is 6.23. The summed E-state index contributed by atoms with van der Waals surface area (Å²) in [5, 5.41) is 9.94. The predicted molar refractivity (Wildman–Crippen MR) is 91.1 cm³/mol. The van der Waals surface area contributed by atoms with E-state index in [1.165, 1.54) is 5.69 Å². The second kappa shape index (κ2) is 6.14. The van der Waals surface area contributed by atoms with E-state index in [1.807, 2.05) is 36.4 Å². The summed E-state index contributed by atoms with van der Waals surface area (Å²) in [5.41, 5.74) is 4.35. The SMILES string of the molecule is OC1CCCN(Cc2c(-c3ccccc3)nc3ccccn23)C1. The molecule has 0 radical (unpaired) electrons. The van der Waals surface area contributed by atoms with Gasteiger partial charge < -0.3 is 9.51 Å². The van der Waals surface area contributed by atoms with Gasteiger partial charge in [0.25, 0.3) is 0 Å². The highest BCUT2D eigenvalue weighted by Crippen LogP contribution is 2.26. The van der Waals surface area contributed by atoms with E-state index in [4.69, 9.17) is 4.98 Å². The fourth-order valence-electron chi connectivity index (χ4n) is 3.41. The molecule has 0 amide bonds. The van der Waals surface area contributed by atoms with E-state index in [1.54, 1.807) is 0 Å². The van der Waals surface area contributed by atoms with Crippen LogP contribution in [0.3, 0.4) is 0 Å². The molecule has 3 heterocycles. The molecule has 1 aliphatic heterocycles. The number of rotatable bonds is 3. The zero-order valence-electron chi connectivity index (χ0n) is 13.1. The molecular weight excluding hydrogens is 286 g/mol. The zero-order chi connectivity index (χ0) is 15.6. The molecule has 4 rings (SSSR count). The number of aromatic nitrogens is 2. The number of nitrogens with zero attached hydrogens (tertiary/aromatic N) is 3. The van der Waals surface area contributed by atoms with Crippen molar-refractivity contribution < 1.29 is 5.11 Å². The van der Waals surface area contributed by atoms with Gasteiger partial charge in [-0.3, -0.25) is 4.90 Å². The van der Waals surface area contributed by atoms with E-state index < -0.39 is 0 Å². The highest BCUT2D eigenvalue weighted by molar-refractivity contribution is 5.66. The predicted octanol–water partition coefficient (Wildman–Crippen LogP) is 2.96. The number of β-amino-alcohol motifs (C(OH)–C–C–N with tert-alkyl or cyclic N) is 1. The molecule has 1 saturated heterocycles. The van der Waals surface area contributed by atoms with E-state index in [0.717, 1.165) is 49.4 Å². The first-order valence-electron chi connectivity index (χ1n) is 8.23. The number of hydrogen-bond donors (Lipinski definition) is 1. The van der Waals surface area contributed by atoms with E-state index in [0.29, 0.717) is 0 Å². The molecule has 2 aromatic heterocycles. The average molecular weight is 307 g/mol. The standard InChI is InChI=1S/C19H21N3O/c23-16-9-6-11-21(13-16)14-17-19(15-7-2-1-3-8-15)20-18-10-4-5-12-22(17)18/h1-5,7-8,10,12,16,23H,6,9,11,13-14H2. The topological polar surface area (TPSA) is 40.8 Å². The molecular formula is C19H21N3O. The Hall–Kier alpha value is -2.17. The van der Waals surface area contributed by atoms with Gasteiger partial charge in [0.15, 0.2) is 0 Å². The lowest BCUT2D eigenvalue weighted by molar-refractivity contribution is 0.0662. The van der Waals surface area contributed by atoms with Crippen LogP contribution in [0, 0.1) is 0 Å². The molecule has 0 bridgehead atoms. The summed E-state index contributed by atoms with van der Waals surface area (Å²) in [6.07, 6.45) is 3.83. The molecule has 1 fully saturated rings. The van der Waals surface area contributed by atoms with Crippen LogP contribution in [-0.2, 0) is 6.54 Å². The molecule has 3 aromatic rings. The number of piperidine rings is 1. The van der Waals surface area contributed by atoms with Gasteiger partial charge in [-0.25, -0.2) is 4.98 Å². The van der Waals surface area contributed by atoms with Crippen LogP contribution in [-0.4, -0.2) is 38.6 Å². The number of aliphatic hydroxyl groups is 1. The van der Waals surface area contributed by atoms with Crippen molar-refractivity contribution in [3.8, 4) is 11.3 Å². The smallest absolute Gasteiger partial charge is 0.137 e. The van der Waals surface area contributed by atoms with Crippen LogP contribution < -0.4 is 0 Å². The maximum atomic E-state index is 9.94. The summed E-state index contributed by atoms with van der Waals surface area (Å²) in [6.45, 7) is 2.59. The normalized spacial score (nSPS) is 19.3.